The SMILES string of the molecule is CCOP(=O)(OCC)/C(=C\[C@@H](C)[C@H](O)c1ccccc1)[Si](C)(C)C. The highest BCUT2D eigenvalue weighted by atomic mass is 31.2. The Bertz CT molecular complexity index is 570. The van der Waals surface area contributed by atoms with Crippen molar-refractivity contribution in [1.29, 1.82) is 0 Å². The van der Waals surface area contributed by atoms with Crippen molar-refractivity contribution >= 4 is 15.7 Å². The van der Waals surface area contributed by atoms with Crippen LogP contribution >= 0.6 is 7.60 Å². The maximum atomic E-state index is 13.3. The van der Waals surface area contributed by atoms with Crippen molar-refractivity contribution in [1.82, 2.24) is 0 Å². The molecule has 0 radical (unpaired) electrons. The molecule has 0 saturated heterocycles. The van der Waals surface area contributed by atoms with E-state index >= 15 is 0 Å². The van der Waals surface area contributed by atoms with E-state index < -0.39 is 21.8 Å². The Balaban J connectivity index is 3.24. The van der Waals surface area contributed by atoms with Crippen molar-refractivity contribution in [2.75, 3.05) is 13.2 Å². The van der Waals surface area contributed by atoms with Gasteiger partial charge in [-0.2, -0.15) is 0 Å². The van der Waals surface area contributed by atoms with E-state index in [9.17, 15) is 9.67 Å². The number of aliphatic hydroxyl groups excluding tert-OH is 1. The van der Waals surface area contributed by atoms with Gasteiger partial charge >= 0.3 is 7.60 Å². The van der Waals surface area contributed by atoms with Crippen LogP contribution in [-0.2, 0) is 13.6 Å². The average Bonchev–Trinajstić information content (AvgIpc) is 2.51. The largest absolute Gasteiger partial charge is 0.388 e. The first-order chi connectivity index (χ1) is 11.2. The maximum absolute atomic E-state index is 13.3. The second kappa shape index (κ2) is 9.11. The average molecular weight is 371 g/mol. The van der Waals surface area contributed by atoms with Crippen LogP contribution in [0.5, 0.6) is 0 Å². The van der Waals surface area contributed by atoms with Crippen molar-refractivity contribution in [3.63, 3.8) is 0 Å². The minimum absolute atomic E-state index is 0.191. The van der Waals surface area contributed by atoms with Crippen LogP contribution in [0.3, 0.4) is 0 Å². The predicted octanol–water partition coefficient (Wildman–Crippen LogP) is 5.38. The summed E-state index contributed by atoms with van der Waals surface area (Å²) in [5.41, 5.74) is 0.846. The molecule has 1 aromatic carbocycles. The third-order valence-corrected chi connectivity index (χ3v) is 10.2. The first-order valence-corrected chi connectivity index (χ1v) is 13.5. The van der Waals surface area contributed by atoms with Gasteiger partial charge in [0.05, 0.1) is 27.4 Å². The van der Waals surface area contributed by atoms with Crippen LogP contribution in [0.1, 0.15) is 32.4 Å². The number of aliphatic hydroxyl groups is 1. The Labute approximate surface area is 147 Å². The van der Waals surface area contributed by atoms with E-state index in [4.69, 9.17) is 9.05 Å². The molecule has 0 aliphatic rings. The molecule has 0 unspecified atom stereocenters. The smallest absolute Gasteiger partial charge is 0.353 e. The van der Waals surface area contributed by atoms with Gasteiger partial charge < -0.3 is 14.2 Å². The fourth-order valence-corrected chi connectivity index (χ4v) is 8.45. The molecule has 2 atom stereocenters. The zero-order valence-corrected chi connectivity index (χ0v) is 17.5. The van der Waals surface area contributed by atoms with Gasteiger partial charge in [-0.3, -0.25) is 4.57 Å². The summed E-state index contributed by atoms with van der Waals surface area (Å²) in [4.78, 5) is 0.751. The lowest BCUT2D eigenvalue weighted by Gasteiger charge is -2.30. The van der Waals surface area contributed by atoms with Gasteiger partial charge in [0.2, 0.25) is 0 Å². The van der Waals surface area contributed by atoms with Crippen LogP contribution in [-0.4, -0.2) is 26.4 Å². The highest BCUT2D eigenvalue weighted by Crippen LogP contribution is 2.59. The van der Waals surface area contributed by atoms with Gasteiger partial charge in [-0.05, 0) is 19.4 Å². The maximum Gasteiger partial charge on any atom is 0.353 e. The Kier molecular flexibility index (Phi) is 8.10. The number of hydrogen-bond donors (Lipinski definition) is 1. The Hall–Kier alpha value is -0.713. The van der Waals surface area contributed by atoms with Gasteiger partial charge in [-0.25, -0.2) is 0 Å². The molecule has 136 valence electrons. The monoisotopic (exact) mass is 370 g/mol. The van der Waals surface area contributed by atoms with Crippen molar-refractivity contribution in [3.8, 4) is 0 Å². The first-order valence-electron chi connectivity index (χ1n) is 8.50. The van der Waals surface area contributed by atoms with Crippen molar-refractivity contribution in [2.24, 2.45) is 5.92 Å². The van der Waals surface area contributed by atoms with Crippen LogP contribution in [0.25, 0.3) is 0 Å². The zero-order valence-electron chi connectivity index (χ0n) is 15.7. The molecule has 24 heavy (non-hydrogen) atoms. The lowest BCUT2D eigenvalue weighted by atomic mass is 9.98. The van der Waals surface area contributed by atoms with Crippen LogP contribution in [0.2, 0.25) is 19.6 Å². The lowest BCUT2D eigenvalue weighted by Crippen LogP contribution is -2.26. The third kappa shape index (κ3) is 5.68. The van der Waals surface area contributed by atoms with E-state index in [1.54, 1.807) is 0 Å². The molecule has 0 spiro atoms. The van der Waals surface area contributed by atoms with Gasteiger partial charge in [0.15, 0.2) is 0 Å². The second-order valence-electron chi connectivity index (χ2n) is 6.85. The molecule has 0 heterocycles. The zero-order chi connectivity index (χ0) is 18.4. The first kappa shape index (κ1) is 21.3. The highest BCUT2D eigenvalue weighted by Gasteiger charge is 2.39. The predicted molar refractivity (Wildman–Crippen MR) is 103 cm³/mol. The van der Waals surface area contributed by atoms with Crippen LogP contribution in [0.4, 0.5) is 0 Å². The molecule has 1 rings (SSSR count). The summed E-state index contributed by atoms with van der Waals surface area (Å²) in [5.74, 6) is -0.191. The van der Waals surface area contributed by atoms with E-state index in [0.29, 0.717) is 13.2 Å². The molecule has 6 heteroatoms. The van der Waals surface area contributed by atoms with E-state index in [-0.39, 0.29) is 5.92 Å². The van der Waals surface area contributed by atoms with E-state index in [1.165, 1.54) is 0 Å². The van der Waals surface area contributed by atoms with Crippen LogP contribution < -0.4 is 0 Å². The van der Waals surface area contributed by atoms with Gasteiger partial charge in [0.1, 0.15) is 0 Å². The normalized spacial score (nSPS) is 16.0. The molecule has 0 bridgehead atoms. The fraction of sp³-hybridized carbons (Fsp3) is 0.556. The summed E-state index contributed by atoms with van der Waals surface area (Å²) in [6.07, 6.45) is 1.25. The molecule has 0 fully saturated rings. The minimum atomic E-state index is -3.32. The van der Waals surface area contributed by atoms with Gasteiger partial charge in [-0.1, -0.05) is 63.0 Å². The standard InChI is InChI=1S/C18H31O4PSi/c1-7-21-23(20,22-8-2)17(24(4,5)6)14-15(3)18(19)16-12-10-9-11-13-16/h9-15,18-19H,7-8H2,1-6H3/b17-14+/t15-,18+/m1/s1. The van der Waals surface area contributed by atoms with Crippen LogP contribution in [0, 0.1) is 5.92 Å². The van der Waals surface area contributed by atoms with Gasteiger partial charge in [0.25, 0.3) is 0 Å². The molecule has 0 aliphatic carbocycles. The topological polar surface area (TPSA) is 55.8 Å². The molecular weight excluding hydrogens is 339 g/mol. The van der Waals surface area contributed by atoms with Crippen LogP contribution in [0.15, 0.2) is 41.3 Å². The summed E-state index contributed by atoms with van der Waals surface area (Å²) < 4.78 is 24.4. The van der Waals surface area contributed by atoms with E-state index in [1.807, 2.05) is 57.2 Å². The summed E-state index contributed by atoms with van der Waals surface area (Å²) in [7, 11) is -5.29. The second-order valence-corrected chi connectivity index (χ2v) is 14.3. The third-order valence-electron chi connectivity index (χ3n) is 3.72. The lowest BCUT2D eigenvalue weighted by molar-refractivity contribution is 0.139. The van der Waals surface area contributed by atoms with Crippen molar-refractivity contribution in [2.45, 2.75) is 46.5 Å². The summed E-state index contributed by atoms with van der Waals surface area (Å²) in [5, 5.41) is 10.6. The molecule has 4 nitrogen and oxygen atoms in total. The Morgan fingerprint density at radius 3 is 2.08 bits per heavy atom. The van der Waals surface area contributed by atoms with E-state index in [0.717, 1.165) is 10.5 Å². The molecule has 0 aliphatic heterocycles. The fourth-order valence-electron chi connectivity index (χ4n) is 2.56. The molecule has 0 aromatic heterocycles. The quantitative estimate of drug-likeness (QED) is 0.468. The molecule has 1 N–H and O–H groups in total. The molecule has 0 amide bonds. The van der Waals surface area contributed by atoms with Gasteiger partial charge in [-0.15, -0.1) is 0 Å². The van der Waals surface area contributed by atoms with Crippen molar-refractivity contribution < 1.29 is 18.7 Å². The number of benzene rings is 1. The molecule has 0 saturated carbocycles. The van der Waals surface area contributed by atoms with E-state index in [2.05, 4.69) is 19.6 Å². The highest BCUT2D eigenvalue weighted by molar-refractivity contribution is 7.62. The Morgan fingerprint density at radius 2 is 1.67 bits per heavy atom. The number of hydrogen-bond acceptors (Lipinski definition) is 4. The summed E-state index contributed by atoms with van der Waals surface area (Å²) >= 11 is 0. The summed E-state index contributed by atoms with van der Waals surface area (Å²) in [6.45, 7) is 12.6. The molecule has 1 aromatic rings. The Morgan fingerprint density at radius 1 is 1.17 bits per heavy atom. The number of rotatable bonds is 9. The minimum Gasteiger partial charge on any atom is -0.388 e. The molecular formula is C18H31O4PSi. The summed E-state index contributed by atoms with van der Waals surface area (Å²) in [6, 6.07) is 9.52. The van der Waals surface area contributed by atoms with Crippen molar-refractivity contribution in [3.05, 3.63) is 46.9 Å². The van der Waals surface area contributed by atoms with Gasteiger partial charge in [0, 0.05) is 10.9 Å².